The van der Waals surface area contributed by atoms with Gasteiger partial charge in [-0.1, -0.05) is 19.8 Å². The number of phosphoric acid groups is 1. The van der Waals surface area contributed by atoms with Gasteiger partial charge in [0.15, 0.2) is 0 Å². The first kappa shape index (κ1) is 15.1. The molecule has 0 rings (SSSR count). The van der Waals surface area contributed by atoms with Crippen molar-refractivity contribution in [2.75, 3.05) is 13.7 Å². The van der Waals surface area contributed by atoms with Crippen molar-refractivity contribution in [2.24, 2.45) is 0 Å². The summed E-state index contributed by atoms with van der Waals surface area (Å²) >= 11 is 0. The summed E-state index contributed by atoms with van der Waals surface area (Å²) in [5, 5.41) is 0. The van der Waals surface area contributed by atoms with Crippen LogP contribution in [0, 0.1) is 0 Å². The monoisotopic (exact) mass is 240 g/mol. The summed E-state index contributed by atoms with van der Waals surface area (Å²) < 4.78 is 25.7. The predicted molar refractivity (Wildman–Crippen MR) is 57.4 cm³/mol. The quantitative estimate of drug-likeness (QED) is 0.351. The van der Waals surface area contributed by atoms with Crippen molar-refractivity contribution in [3.05, 3.63) is 0 Å². The molecule has 6 heteroatoms. The number of phosphoric ester groups is 1. The van der Waals surface area contributed by atoms with E-state index in [4.69, 9.17) is 9.41 Å². The maximum Gasteiger partial charge on any atom is 0.501 e. The Morgan fingerprint density at radius 1 is 1.33 bits per heavy atom. The van der Waals surface area contributed by atoms with Gasteiger partial charge in [-0.3, -0.25) is 9.05 Å². The highest BCUT2D eigenvalue weighted by molar-refractivity contribution is 7.48. The van der Waals surface area contributed by atoms with Gasteiger partial charge in [-0.05, 0) is 20.3 Å². The molecule has 0 spiro atoms. The van der Waals surface area contributed by atoms with Gasteiger partial charge in [0, 0.05) is 7.11 Å². The molecule has 5 nitrogen and oxygen atoms in total. The molecule has 0 saturated heterocycles. The molecule has 0 heterocycles. The molecule has 2 unspecified atom stereocenters. The topological polar surface area (TPSA) is 54.0 Å². The first-order chi connectivity index (χ1) is 7.08. The van der Waals surface area contributed by atoms with E-state index in [1.807, 2.05) is 6.92 Å². The average molecular weight is 240 g/mol. The second-order valence-electron chi connectivity index (χ2n) is 3.17. The van der Waals surface area contributed by atoms with Crippen molar-refractivity contribution >= 4 is 7.82 Å². The molecule has 0 aromatic rings. The van der Waals surface area contributed by atoms with E-state index in [9.17, 15) is 4.57 Å². The van der Waals surface area contributed by atoms with E-state index in [1.54, 1.807) is 6.92 Å². The van der Waals surface area contributed by atoms with E-state index in [2.05, 4.69) is 16.1 Å². The van der Waals surface area contributed by atoms with Crippen LogP contribution in [0.5, 0.6) is 0 Å². The highest BCUT2D eigenvalue weighted by Crippen LogP contribution is 2.48. The standard InChI is InChI=1S/C9H21O5P/c1-5-7-8-9(3)13-14-15(10,11-4)12-6-2/h9H,5-8H2,1-4H3. The molecule has 2 atom stereocenters. The van der Waals surface area contributed by atoms with Crippen LogP contribution >= 0.6 is 7.82 Å². The van der Waals surface area contributed by atoms with Crippen LogP contribution in [0.1, 0.15) is 40.0 Å². The lowest BCUT2D eigenvalue weighted by Gasteiger charge is -2.16. The van der Waals surface area contributed by atoms with Crippen molar-refractivity contribution in [3.8, 4) is 0 Å². The molecule has 0 fully saturated rings. The molecule has 0 N–H and O–H groups in total. The highest BCUT2D eigenvalue weighted by atomic mass is 31.2. The molecular weight excluding hydrogens is 219 g/mol. The van der Waals surface area contributed by atoms with Gasteiger partial charge in [-0.2, -0.15) is 0 Å². The third-order valence-electron chi connectivity index (χ3n) is 1.77. The molecule has 0 amide bonds. The summed E-state index contributed by atoms with van der Waals surface area (Å²) in [6.07, 6.45) is 2.86. The predicted octanol–water partition coefficient (Wildman–Crippen LogP) is 3.30. The molecule has 15 heavy (non-hydrogen) atoms. The molecule has 0 aliphatic heterocycles. The molecular formula is C9H21O5P. The minimum atomic E-state index is -3.51. The first-order valence-electron chi connectivity index (χ1n) is 5.23. The van der Waals surface area contributed by atoms with Crippen molar-refractivity contribution in [1.82, 2.24) is 0 Å². The van der Waals surface area contributed by atoms with Gasteiger partial charge in [0.25, 0.3) is 0 Å². The fourth-order valence-corrected chi connectivity index (χ4v) is 1.71. The lowest BCUT2D eigenvalue weighted by molar-refractivity contribution is -0.257. The summed E-state index contributed by atoms with van der Waals surface area (Å²) in [5.41, 5.74) is 0. The van der Waals surface area contributed by atoms with Gasteiger partial charge in [0.2, 0.25) is 0 Å². The summed E-state index contributed by atoms with van der Waals surface area (Å²) in [4.78, 5) is 4.94. The van der Waals surface area contributed by atoms with E-state index < -0.39 is 7.82 Å². The number of rotatable bonds is 9. The molecule has 0 aromatic carbocycles. The summed E-state index contributed by atoms with van der Waals surface area (Å²) in [7, 11) is -2.25. The molecule has 0 aliphatic carbocycles. The van der Waals surface area contributed by atoms with Gasteiger partial charge in [-0.25, -0.2) is 9.45 Å². The zero-order valence-electron chi connectivity index (χ0n) is 9.89. The zero-order valence-corrected chi connectivity index (χ0v) is 10.8. The maximum atomic E-state index is 11.6. The van der Waals surface area contributed by atoms with E-state index in [-0.39, 0.29) is 12.7 Å². The van der Waals surface area contributed by atoms with Crippen LogP contribution < -0.4 is 0 Å². The van der Waals surface area contributed by atoms with Crippen molar-refractivity contribution in [3.63, 3.8) is 0 Å². The van der Waals surface area contributed by atoms with Crippen molar-refractivity contribution in [1.29, 1.82) is 0 Å². The van der Waals surface area contributed by atoms with Crippen LogP contribution in [0.15, 0.2) is 0 Å². The van der Waals surface area contributed by atoms with Gasteiger partial charge in [0.05, 0.1) is 12.7 Å². The van der Waals surface area contributed by atoms with Crippen LogP contribution in [0.25, 0.3) is 0 Å². The maximum absolute atomic E-state index is 11.6. The lowest BCUT2D eigenvalue weighted by Crippen LogP contribution is -2.09. The van der Waals surface area contributed by atoms with Crippen molar-refractivity contribution < 1.29 is 23.2 Å². The Balaban J connectivity index is 3.84. The molecule has 0 aliphatic rings. The molecule has 0 radical (unpaired) electrons. The van der Waals surface area contributed by atoms with Gasteiger partial charge in [-0.15, -0.1) is 4.67 Å². The van der Waals surface area contributed by atoms with Crippen LogP contribution in [0.2, 0.25) is 0 Å². The molecule has 0 saturated carbocycles. The zero-order chi connectivity index (χ0) is 11.7. The van der Waals surface area contributed by atoms with E-state index in [0.29, 0.717) is 0 Å². The van der Waals surface area contributed by atoms with Gasteiger partial charge >= 0.3 is 7.82 Å². The number of unbranched alkanes of at least 4 members (excludes halogenated alkanes) is 1. The Bertz CT molecular complexity index is 197. The van der Waals surface area contributed by atoms with Crippen LogP contribution in [0.3, 0.4) is 0 Å². The Hall–Kier alpha value is 0.0700. The average Bonchev–Trinajstić information content (AvgIpc) is 2.24. The Morgan fingerprint density at radius 2 is 2.00 bits per heavy atom. The number of hydrogen-bond acceptors (Lipinski definition) is 5. The SMILES string of the molecule is CCCCC(C)OOP(=O)(OC)OCC. The summed E-state index contributed by atoms with van der Waals surface area (Å²) in [6.45, 7) is 5.89. The Kier molecular flexibility index (Phi) is 8.29. The largest absolute Gasteiger partial charge is 0.501 e. The first-order valence-corrected chi connectivity index (χ1v) is 6.69. The fourth-order valence-electron chi connectivity index (χ4n) is 0.929. The highest BCUT2D eigenvalue weighted by Gasteiger charge is 2.26. The van der Waals surface area contributed by atoms with Gasteiger partial charge in [0.1, 0.15) is 0 Å². The normalized spacial score (nSPS) is 17.3. The minimum Gasteiger partial charge on any atom is -0.289 e. The minimum absolute atomic E-state index is 0.117. The van der Waals surface area contributed by atoms with Crippen LogP contribution in [0.4, 0.5) is 0 Å². The third-order valence-corrected chi connectivity index (χ3v) is 3.06. The van der Waals surface area contributed by atoms with Gasteiger partial charge < -0.3 is 0 Å². The Labute approximate surface area is 91.6 Å². The van der Waals surface area contributed by atoms with Crippen LogP contribution in [-0.2, 0) is 23.2 Å². The second-order valence-corrected chi connectivity index (χ2v) is 4.84. The number of hydrogen-bond donors (Lipinski definition) is 0. The Morgan fingerprint density at radius 3 is 2.47 bits per heavy atom. The lowest BCUT2D eigenvalue weighted by atomic mass is 10.2. The second kappa shape index (κ2) is 8.25. The van der Waals surface area contributed by atoms with E-state index in [0.717, 1.165) is 19.3 Å². The molecule has 92 valence electrons. The van der Waals surface area contributed by atoms with Crippen LogP contribution in [-0.4, -0.2) is 19.8 Å². The molecule has 0 bridgehead atoms. The van der Waals surface area contributed by atoms with Crippen molar-refractivity contribution in [2.45, 2.75) is 46.1 Å². The fraction of sp³-hybridized carbons (Fsp3) is 1.00. The van der Waals surface area contributed by atoms with E-state index in [1.165, 1.54) is 7.11 Å². The molecule has 0 aromatic heterocycles. The third kappa shape index (κ3) is 7.03. The van der Waals surface area contributed by atoms with E-state index >= 15 is 0 Å². The summed E-state index contributed by atoms with van der Waals surface area (Å²) in [5.74, 6) is 0. The summed E-state index contributed by atoms with van der Waals surface area (Å²) in [6, 6.07) is 0. The smallest absolute Gasteiger partial charge is 0.289 e.